The van der Waals surface area contributed by atoms with Gasteiger partial charge in [0.1, 0.15) is 0 Å². The minimum atomic E-state index is -0.576. The van der Waals surface area contributed by atoms with Gasteiger partial charge in [-0.15, -0.1) is 0 Å². The fourth-order valence-electron chi connectivity index (χ4n) is 3.97. The lowest BCUT2D eigenvalue weighted by atomic mass is 9.78. The molecule has 0 aromatic heterocycles. The highest BCUT2D eigenvalue weighted by atomic mass is 16.4. The van der Waals surface area contributed by atoms with Crippen molar-refractivity contribution in [2.24, 2.45) is 17.8 Å². The molecule has 1 heterocycles. The molecule has 1 aliphatic heterocycles. The molecule has 0 aromatic carbocycles. The third kappa shape index (κ3) is 3.71. The van der Waals surface area contributed by atoms with Crippen molar-refractivity contribution < 1.29 is 9.90 Å². The van der Waals surface area contributed by atoms with Gasteiger partial charge in [0.15, 0.2) is 0 Å². The van der Waals surface area contributed by atoms with Crippen LogP contribution in [0.15, 0.2) is 0 Å². The molecule has 3 heteroatoms. The van der Waals surface area contributed by atoms with E-state index in [4.69, 9.17) is 0 Å². The van der Waals surface area contributed by atoms with Gasteiger partial charge in [-0.3, -0.25) is 9.69 Å². The number of likely N-dealkylation sites (tertiary alicyclic amines) is 1. The molecule has 2 fully saturated rings. The summed E-state index contributed by atoms with van der Waals surface area (Å²) in [4.78, 5) is 14.0. The van der Waals surface area contributed by atoms with E-state index in [0.29, 0.717) is 5.92 Å². The zero-order valence-electron chi connectivity index (χ0n) is 12.5. The first-order valence-electron chi connectivity index (χ1n) is 8.08. The van der Waals surface area contributed by atoms with E-state index in [2.05, 4.69) is 18.7 Å². The largest absolute Gasteiger partial charge is 0.481 e. The zero-order valence-corrected chi connectivity index (χ0v) is 12.5. The Morgan fingerprint density at radius 3 is 2.68 bits per heavy atom. The molecule has 4 atom stereocenters. The summed E-state index contributed by atoms with van der Waals surface area (Å²) in [6.07, 6.45) is 8.13. The van der Waals surface area contributed by atoms with Crippen LogP contribution in [-0.4, -0.2) is 35.1 Å². The first-order chi connectivity index (χ1) is 9.11. The van der Waals surface area contributed by atoms with Crippen LogP contribution >= 0.6 is 0 Å². The molecule has 1 N–H and O–H groups in total. The van der Waals surface area contributed by atoms with E-state index in [1.165, 1.54) is 25.7 Å². The minimum Gasteiger partial charge on any atom is -0.481 e. The Balaban J connectivity index is 2.02. The SMILES string of the molecule is CCC1CCCN(C2CC(C)CCC2C(=O)O)CC1. The summed E-state index contributed by atoms with van der Waals surface area (Å²) in [5, 5.41) is 9.47. The summed E-state index contributed by atoms with van der Waals surface area (Å²) in [5.41, 5.74) is 0. The quantitative estimate of drug-likeness (QED) is 0.852. The van der Waals surface area contributed by atoms with Crippen LogP contribution in [0.2, 0.25) is 0 Å². The number of carbonyl (C=O) groups is 1. The Bertz CT molecular complexity index is 305. The van der Waals surface area contributed by atoms with Crippen molar-refractivity contribution in [3.63, 3.8) is 0 Å². The average Bonchev–Trinajstić information content (AvgIpc) is 2.63. The number of hydrogen-bond acceptors (Lipinski definition) is 2. The molecule has 2 rings (SSSR count). The predicted octanol–water partition coefficient (Wildman–Crippen LogP) is 3.39. The van der Waals surface area contributed by atoms with Crippen LogP contribution in [-0.2, 0) is 4.79 Å². The van der Waals surface area contributed by atoms with Crippen molar-refractivity contribution in [3.05, 3.63) is 0 Å². The van der Waals surface area contributed by atoms with Gasteiger partial charge in [0.25, 0.3) is 0 Å². The lowest BCUT2D eigenvalue weighted by Crippen LogP contribution is -2.47. The predicted molar refractivity (Wildman–Crippen MR) is 77.1 cm³/mol. The van der Waals surface area contributed by atoms with Crippen LogP contribution in [0.5, 0.6) is 0 Å². The second kappa shape index (κ2) is 6.74. The van der Waals surface area contributed by atoms with Crippen molar-refractivity contribution >= 4 is 5.97 Å². The van der Waals surface area contributed by atoms with Crippen molar-refractivity contribution in [2.75, 3.05) is 13.1 Å². The second-order valence-electron chi connectivity index (χ2n) is 6.67. The van der Waals surface area contributed by atoms with E-state index in [0.717, 1.165) is 38.3 Å². The molecule has 0 spiro atoms. The average molecular weight is 267 g/mol. The first-order valence-corrected chi connectivity index (χ1v) is 8.08. The fraction of sp³-hybridized carbons (Fsp3) is 0.938. The van der Waals surface area contributed by atoms with Crippen LogP contribution in [0.3, 0.4) is 0 Å². The Labute approximate surface area is 117 Å². The maximum Gasteiger partial charge on any atom is 0.308 e. The number of nitrogens with zero attached hydrogens (tertiary/aromatic N) is 1. The van der Waals surface area contributed by atoms with Gasteiger partial charge in [0, 0.05) is 6.04 Å². The van der Waals surface area contributed by atoms with Gasteiger partial charge in [-0.2, -0.15) is 0 Å². The van der Waals surface area contributed by atoms with Gasteiger partial charge in [-0.25, -0.2) is 0 Å². The molecular weight excluding hydrogens is 238 g/mol. The van der Waals surface area contributed by atoms with Crippen LogP contribution in [0.1, 0.15) is 58.8 Å². The molecule has 1 saturated heterocycles. The van der Waals surface area contributed by atoms with Gasteiger partial charge in [-0.1, -0.05) is 20.3 Å². The smallest absolute Gasteiger partial charge is 0.308 e. The summed E-state index contributed by atoms with van der Waals surface area (Å²) in [6, 6.07) is 0.289. The topological polar surface area (TPSA) is 40.5 Å². The standard InChI is InChI=1S/C16H29NO2/c1-3-13-5-4-9-17(10-8-13)15-11-12(2)6-7-14(15)16(18)19/h12-15H,3-11H2,1-2H3,(H,18,19). The normalized spacial score (nSPS) is 37.8. The highest BCUT2D eigenvalue weighted by Crippen LogP contribution is 2.34. The molecule has 1 aliphatic carbocycles. The van der Waals surface area contributed by atoms with Crippen molar-refractivity contribution in [3.8, 4) is 0 Å². The Hall–Kier alpha value is -0.570. The fourth-order valence-corrected chi connectivity index (χ4v) is 3.97. The highest BCUT2D eigenvalue weighted by molar-refractivity contribution is 5.71. The van der Waals surface area contributed by atoms with Crippen LogP contribution in [0.4, 0.5) is 0 Å². The van der Waals surface area contributed by atoms with E-state index in [-0.39, 0.29) is 12.0 Å². The number of carboxylic acids is 1. The van der Waals surface area contributed by atoms with Crippen LogP contribution in [0, 0.1) is 17.8 Å². The van der Waals surface area contributed by atoms with Crippen LogP contribution < -0.4 is 0 Å². The Morgan fingerprint density at radius 1 is 1.21 bits per heavy atom. The van der Waals surface area contributed by atoms with Crippen molar-refractivity contribution in [1.29, 1.82) is 0 Å². The minimum absolute atomic E-state index is 0.130. The third-order valence-electron chi connectivity index (χ3n) is 5.32. The number of rotatable bonds is 3. The lowest BCUT2D eigenvalue weighted by Gasteiger charge is -2.40. The zero-order chi connectivity index (χ0) is 13.8. The van der Waals surface area contributed by atoms with E-state index in [9.17, 15) is 9.90 Å². The van der Waals surface area contributed by atoms with E-state index in [1.807, 2.05) is 0 Å². The maximum atomic E-state index is 11.5. The third-order valence-corrected chi connectivity index (χ3v) is 5.32. The first kappa shape index (κ1) is 14.8. The molecule has 2 aliphatic rings. The van der Waals surface area contributed by atoms with E-state index in [1.54, 1.807) is 0 Å². The Morgan fingerprint density at radius 2 is 2.00 bits per heavy atom. The van der Waals surface area contributed by atoms with Gasteiger partial charge in [0.2, 0.25) is 0 Å². The van der Waals surface area contributed by atoms with Gasteiger partial charge in [-0.05, 0) is 63.5 Å². The molecule has 4 unspecified atom stereocenters. The second-order valence-corrected chi connectivity index (χ2v) is 6.67. The number of aliphatic carboxylic acids is 1. The van der Waals surface area contributed by atoms with Crippen LogP contribution in [0.25, 0.3) is 0 Å². The number of carboxylic acid groups (broad SMARTS) is 1. The molecule has 1 saturated carbocycles. The van der Waals surface area contributed by atoms with Gasteiger partial charge < -0.3 is 5.11 Å². The van der Waals surface area contributed by atoms with Gasteiger partial charge in [0.05, 0.1) is 5.92 Å². The molecule has 0 bridgehead atoms. The molecule has 0 radical (unpaired) electrons. The van der Waals surface area contributed by atoms with Crippen molar-refractivity contribution in [1.82, 2.24) is 4.90 Å². The summed E-state index contributed by atoms with van der Waals surface area (Å²) < 4.78 is 0. The lowest BCUT2D eigenvalue weighted by molar-refractivity contribution is -0.146. The summed E-state index contributed by atoms with van der Waals surface area (Å²) in [6.45, 7) is 6.78. The highest BCUT2D eigenvalue weighted by Gasteiger charge is 2.37. The van der Waals surface area contributed by atoms with Gasteiger partial charge >= 0.3 is 5.97 Å². The summed E-state index contributed by atoms with van der Waals surface area (Å²) in [5.74, 6) is 0.836. The molecule has 110 valence electrons. The van der Waals surface area contributed by atoms with E-state index >= 15 is 0 Å². The molecule has 0 amide bonds. The molecule has 0 aromatic rings. The maximum absolute atomic E-state index is 11.5. The van der Waals surface area contributed by atoms with E-state index < -0.39 is 5.97 Å². The summed E-state index contributed by atoms with van der Waals surface area (Å²) >= 11 is 0. The molecule has 19 heavy (non-hydrogen) atoms. The Kier molecular flexibility index (Phi) is 5.26. The molecule has 3 nitrogen and oxygen atoms in total. The number of hydrogen-bond donors (Lipinski definition) is 1. The molecular formula is C16H29NO2. The summed E-state index contributed by atoms with van der Waals surface area (Å²) in [7, 11) is 0. The van der Waals surface area contributed by atoms with Crippen molar-refractivity contribution in [2.45, 2.75) is 64.8 Å². The monoisotopic (exact) mass is 267 g/mol.